The minimum Gasteiger partial charge on any atom is -0.492 e. The third-order valence-electron chi connectivity index (χ3n) is 4.88. The van der Waals surface area contributed by atoms with Crippen molar-refractivity contribution in [3.05, 3.63) is 71.0 Å². The Balaban J connectivity index is 1.85. The lowest BCUT2D eigenvalue weighted by molar-refractivity contribution is 0.102. The smallest absolute Gasteiger partial charge is 0.255 e. The molecule has 8 nitrogen and oxygen atoms in total. The summed E-state index contributed by atoms with van der Waals surface area (Å²) in [6, 6.07) is 13.9. The minimum absolute atomic E-state index is 0.000396. The summed E-state index contributed by atoms with van der Waals surface area (Å²) < 4.78 is 33.9. The molecule has 0 radical (unpaired) electrons. The molecule has 3 rings (SSSR count). The number of nitrogens with one attached hydrogen (secondary N) is 1. The number of sulfonamides is 1. The molecule has 0 fully saturated rings. The Morgan fingerprint density at radius 1 is 1.12 bits per heavy atom. The van der Waals surface area contributed by atoms with Crippen molar-refractivity contribution in [3.63, 3.8) is 0 Å². The molecule has 1 aromatic heterocycles. The Labute approximate surface area is 188 Å². The minimum atomic E-state index is -3.75. The molecule has 0 unspecified atom stereocenters. The van der Waals surface area contributed by atoms with Crippen LogP contribution in [0.5, 0.6) is 5.75 Å². The Hall–Kier alpha value is -3.17. The van der Waals surface area contributed by atoms with E-state index in [1.165, 1.54) is 20.2 Å². The first-order valence-corrected chi connectivity index (χ1v) is 11.7. The summed E-state index contributed by atoms with van der Waals surface area (Å²) in [5.41, 5.74) is 3.75. The quantitative estimate of drug-likeness (QED) is 0.560. The standard InChI is InChI=1S/C23H28N4O4S/c1-6-31-21-11-10-20(14-22(21)32(29,30)26(4)5)24-23(28)19-9-7-8-18(13-19)15-27-17(3)12-16(2)25-27/h7-14H,6,15H2,1-5H3,(H,24,28). The largest absolute Gasteiger partial charge is 0.492 e. The van der Waals surface area contributed by atoms with Crippen LogP contribution >= 0.6 is 0 Å². The molecule has 9 heteroatoms. The van der Waals surface area contributed by atoms with E-state index in [4.69, 9.17) is 4.74 Å². The summed E-state index contributed by atoms with van der Waals surface area (Å²) in [6.45, 7) is 6.58. The molecule has 1 N–H and O–H groups in total. The van der Waals surface area contributed by atoms with Crippen molar-refractivity contribution in [2.45, 2.75) is 32.2 Å². The zero-order chi connectivity index (χ0) is 23.5. The van der Waals surface area contributed by atoms with E-state index in [0.717, 1.165) is 21.3 Å². The monoisotopic (exact) mass is 456 g/mol. The lowest BCUT2D eigenvalue weighted by atomic mass is 10.1. The SMILES string of the molecule is CCOc1ccc(NC(=O)c2cccc(Cn3nc(C)cc3C)c2)cc1S(=O)(=O)N(C)C. The topological polar surface area (TPSA) is 93.5 Å². The fourth-order valence-corrected chi connectivity index (χ4v) is 4.33. The second-order valence-corrected chi connectivity index (χ2v) is 9.74. The Morgan fingerprint density at radius 3 is 2.50 bits per heavy atom. The Morgan fingerprint density at radius 2 is 1.88 bits per heavy atom. The molecule has 0 aliphatic carbocycles. The van der Waals surface area contributed by atoms with Crippen molar-refractivity contribution in [2.75, 3.05) is 26.0 Å². The molecule has 2 aromatic carbocycles. The van der Waals surface area contributed by atoms with Crippen LogP contribution in [0.25, 0.3) is 0 Å². The maximum atomic E-state index is 12.9. The number of aromatic nitrogens is 2. The van der Waals surface area contributed by atoms with Gasteiger partial charge < -0.3 is 10.1 Å². The Kier molecular flexibility index (Phi) is 7.00. The third kappa shape index (κ3) is 5.17. The number of benzene rings is 2. The summed E-state index contributed by atoms with van der Waals surface area (Å²) >= 11 is 0. The average molecular weight is 457 g/mol. The predicted molar refractivity (Wildman–Crippen MR) is 124 cm³/mol. The first-order valence-electron chi connectivity index (χ1n) is 10.2. The molecule has 0 bridgehead atoms. The predicted octanol–water partition coefficient (Wildman–Crippen LogP) is 3.45. The van der Waals surface area contributed by atoms with Crippen LogP contribution in [0.2, 0.25) is 0 Å². The molecule has 0 spiro atoms. The number of nitrogens with zero attached hydrogens (tertiary/aromatic N) is 3. The van der Waals surface area contributed by atoms with Gasteiger partial charge in [-0.05, 0) is 62.7 Å². The van der Waals surface area contributed by atoms with Crippen LogP contribution in [0.15, 0.2) is 53.4 Å². The van der Waals surface area contributed by atoms with Crippen LogP contribution in [0.1, 0.15) is 34.2 Å². The Bertz CT molecular complexity index is 1230. The van der Waals surface area contributed by atoms with Gasteiger partial charge in [0.2, 0.25) is 10.0 Å². The van der Waals surface area contributed by atoms with Crippen molar-refractivity contribution in [2.24, 2.45) is 0 Å². The molecular weight excluding hydrogens is 428 g/mol. The number of amides is 1. The number of anilines is 1. The number of carbonyl (C=O) groups excluding carboxylic acids is 1. The summed E-state index contributed by atoms with van der Waals surface area (Å²) in [5, 5.41) is 7.25. The number of aryl methyl sites for hydroxylation is 2. The van der Waals surface area contributed by atoms with Crippen molar-refractivity contribution >= 4 is 21.6 Å². The van der Waals surface area contributed by atoms with E-state index in [9.17, 15) is 13.2 Å². The van der Waals surface area contributed by atoms with Gasteiger partial charge in [0.1, 0.15) is 10.6 Å². The fourth-order valence-electron chi connectivity index (χ4n) is 3.28. The first-order chi connectivity index (χ1) is 15.1. The molecule has 32 heavy (non-hydrogen) atoms. The molecule has 3 aromatic rings. The number of hydrogen-bond donors (Lipinski definition) is 1. The van der Waals surface area contributed by atoms with Crippen LogP contribution < -0.4 is 10.1 Å². The van der Waals surface area contributed by atoms with E-state index in [2.05, 4.69) is 10.4 Å². The number of rotatable bonds is 8. The van der Waals surface area contributed by atoms with Crippen molar-refractivity contribution in [1.82, 2.24) is 14.1 Å². The molecule has 170 valence electrons. The molecule has 0 saturated carbocycles. The van der Waals surface area contributed by atoms with Crippen molar-refractivity contribution in [1.29, 1.82) is 0 Å². The van der Waals surface area contributed by atoms with E-state index in [0.29, 0.717) is 24.4 Å². The highest BCUT2D eigenvalue weighted by atomic mass is 32.2. The van der Waals surface area contributed by atoms with Gasteiger partial charge in [0, 0.05) is 31.0 Å². The van der Waals surface area contributed by atoms with Crippen molar-refractivity contribution < 1.29 is 17.9 Å². The van der Waals surface area contributed by atoms with Crippen LogP contribution in [-0.2, 0) is 16.6 Å². The van der Waals surface area contributed by atoms with Gasteiger partial charge in [0.05, 0.1) is 18.8 Å². The molecule has 0 atom stereocenters. The molecule has 0 saturated heterocycles. The van der Waals surface area contributed by atoms with Gasteiger partial charge in [0.25, 0.3) is 5.91 Å². The van der Waals surface area contributed by atoms with E-state index < -0.39 is 10.0 Å². The van der Waals surface area contributed by atoms with Gasteiger partial charge in [-0.1, -0.05) is 12.1 Å². The zero-order valence-electron chi connectivity index (χ0n) is 18.9. The van der Waals surface area contributed by atoms with Crippen LogP contribution in [0.4, 0.5) is 5.69 Å². The summed E-state index contributed by atoms with van der Waals surface area (Å²) in [6.07, 6.45) is 0. The summed E-state index contributed by atoms with van der Waals surface area (Å²) in [5.74, 6) is -0.0938. The number of ether oxygens (including phenoxy) is 1. The lowest BCUT2D eigenvalue weighted by Crippen LogP contribution is -2.23. The summed E-state index contributed by atoms with van der Waals surface area (Å²) in [7, 11) is -0.851. The maximum Gasteiger partial charge on any atom is 0.255 e. The second-order valence-electron chi connectivity index (χ2n) is 7.62. The molecule has 0 aliphatic heterocycles. The van der Waals surface area contributed by atoms with E-state index in [-0.39, 0.29) is 16.6 Å². The van der Waals surface area contributed by atoms with Crippen molar-refractivity contribution in [3.8, 4) is 5.75 Å². The number of carbonyl (C=O) groups is 1. The fraction of sp³-hybridized carbons (Fsp3) is 0.304. The molecular formula is C23H28N4O4S. The lowest BCUT2D eigenvalue weighted by Gasteiger charge is -2.16. The van der Waals surface area contributed by atoms with Gasteiger partial charge in [0.15, 0.2) is 0 Å². The second kappa shape index (κ2) is 9.54. The third-order valence-corrected chi connectivity index (χ3v) is 6.72. The van der Waals surface area contributed by atoms with Crippen LogP contribution in [0, 0.1) is 13.8 Å². The average Bonchev–Trinajstić information content (AvgIpc) is 3.05. The molecule has 1 heterocycles. The van der Waals surface area contributed by atoms with E-state index in [1.54, 1.807) is 31.2 Å². The molecule has 0 aliphatic rings. The zero-order valence-corrected chi connectivity index (χ0v) is 19.7. The van der Waals surface area contributed by atoms with Crippen LogP contribution in [-0.4, -0.2) is 49.1 Å². The van der Waals surface area contributed by atoms with E-state index in [1.807, 2.05) is 36.7 Å². The van der Waals surface area contributed by atoms with Crippen LogP contribution in [0.3, 0.4) is 0 Å². The molecule has 1 amide bonds. The highest BCUT2D eigenvalue weighted by Gasteiger charge is 2.23. The van der Waals surface area contributed by atoms with Gasteiger partial charge >= 0.3 is 0 Å². The van der Waals surface area contributed by atoms with Gasteiger partial charge in [-0.25, -0.2) is 12.7 Å². The van der Waals surface area contributed by atoms with Gasteiger partial charge in [-0.15, -0.1) is 0 Å². The highest BCUT2D eigenvalue weighted by molar-refractivity contribution is 7.89. The van der Waals surface area contributed by atoms with Gasteiger partial charge in [-0.2, -0.15) is 5.10 Å². The normalized spacial score (nSPS) is 11.6. The van der Waals surface area contributed by atoms with E-state index >= 15 is 0 Å². The van der Waals surface area contributed by atoms with Gasteiger partial charge in [-0.3, -0.25) is 9.48 Å². The summed E-state index contributed by atoms with van der Waals surface area (Å²) in [4.78, 5) is 12.9. The first kappa shape index (κ1) is 23.5. The highest BCUT2D eigenvalue weighted by Crippen LogP contribution is 2.29. The number of hydrogen-bond acceptors (Lipinski definition) is 5. The maximum absolute atomic E-state index is 12.9.